The summed E-state index contributed by atoms with van der Waals surface area (Å²) in [6.45, 7) is 15.8. The Bertz CT molecular complexity index is 416. The van der Waals surface area contributed by atoms with Crippen LogP contribution in [0.25, 0.3) is 0 Å². The predicted molar refractivity (Wildman–Crippen MR) is 88.8 cm³/mol. The minimum absolute atomic E-state index is 0.136. The maximum Gasteiger partial charge on any atom is 0.124 e. The molecule has 120 valence electrons. The lowest BCUT2D eigenvalue weighted by atomic mass is 9.98. The van der Waals surface area contributed by atoms with Gasteiger partial charge in [-0.15, -0.1) is 0 Å². The molecule has 0 atom stereocenters. The smallest absolute Gasteiger partial charge is 0.124 e. The Hall–Kier alpha value is -1.06. The van der Waals surface area contributed by atoms with Crippen molar-refractivity contribution in [2.24, 2.45) is 5.41 Å². The molecule has 0 fully saturated rings. The lowest BCUT2D eigenvalue weighted by Gasteiger charge is -2.21. The zero-order chi connectivity index (χ0) is 15.9. The number of ether oxygens (including phenoxy) is 2. The second-order valence-corrected chi connectivity index (χ2v) is 7.69. The molecule has 0 bridgehead atoms. The summed E-state index contributed by atoms with van der Waals surface area (Å²) < 4.78 is 11.7. The van der Waals surface area contributed by atoms with Gasteiger partial charge in [-0.05, 0) is 32.3 Å². The van der Waals surface area contributed by atoms with Crippen LogP contribution in [0.15, 0.2) is 24.3 Å². The molecule has 0 aliphatic rings. The van der Waals surface area contributed by atoms with E-state index in [-0.39, 0.29) is 11.0 Å². The fourth-order valence-corrected chi connectivity index (χ4v) is 1.74. The largest absolute Gasteiger partial charge is 0.493 e. The van der Waals surface area contributed by atoms with Crippen molar-refractivity contribution < 1.29 is 9.47 Å². The van der Waals surface area contributed by atoms with Crippen LogP contribution in [0.1, 0.15) is 47.1 Å². The van der Waals surface area contributed by atoms with E-state index in [0.29, 0.717) is 19.8 Å². The second-order valence-electron chi connectivity index (χ2n) is 7.69. The van der Waals surface area contributed by atoms with Gasteiger partial charge in [0.15, 0.2) is 0 Å². The number of hydrogen-bond acceptors (Lipinski definition) is 3. The quantitative estimate of drug-likeness (QED) is 0.770. The SMILES string of the molecule is CC(C)(C)COc1ccccc1COCCNC(C)(C)C. The highest BCUT2D eigenvalue weighted by Crippen LogP contribution is 2.22. The Morgan fingerprint density at radius 2 is 1.67 bits per heavy atom. The van der Waals surface area contributed by atoms with E-state index in [0.717, 1.165) is 17.9 Å². The van der Waals surface area contributed by atoms with Crippen LogP contribution in [0.3, 0.4) is 0 Å². The lowest BCUT2D eigenvalue weighted by Crippen LogP contribution is -2.37. The zero-order valence-corrected chi connectivity index (χ0v) is 14.5. The minimum atomic E-state index is 0.136. The molecule has 0 unspecified atom stereocenters. The fraction of sp³-hybridized carbons (Fsp3) is 0.667. The highest BCUT2D eigenvalue weighted by atomic mass is 16.5. The van der Waals surface area contributed by atoms with Crippen LogP contribution in [0.2, 0.25) is 0 Å². The van der Waals surface area contributed by atoms with Gasteiger partial charge in [0.2, 0.25) is 0 Å². The molecule has 0 aliphatic carbocycles. The Kier molecular flexibility index (Phi) is 6.69. The van der Waals surface area contributed by atoms with Crippen molar-refractivity contribution in [3.63, 3.8) is 0 Å². The molecule has 0 heterocycles. The van der Waals surface area contributed by atoms with Crippen LogP contribution in [-0.4, -0.2) is 25.3 Å². The van der Waals surface area contributed by atoms with Crippen LogP contribution in [-0.2, 0) is 11.3 Å². The Labute approximate surface area is 130 Å². The second kappa shape index (κ2) is 7.81. The van der Waals surface area contributed by atoms with Crippen LogP contribution < -0.4 is 10.1 Å². The summed E-state index contributed by atoms with van der Waals surface area (Å²) in [6.07, 6.45) is 0. The first kappa shape index (κ1) is 18.0. The Morgan fingerprint density at radius 1 is 1.00 bits per heavy atom. The molecule has 3 heteroatoms. The summed E-state index contributed by atoms with van der Waals surface area (Å²) in [6, 6.07) is 8.10. The third-order valence-electron chi connectivity index (χ3n) is 2.79. The van der Waals surface area contributed by atoms with Crippen LogP contribution in [0, 0.1) is 5.41 Å². The third-order valence-corrected chi connectivity index (χ3v) is 2.79. The first-order chi connectivity index (χ1) is 9.67. The van der Waals surface area contributed by atoms with Gasteiger partial charge in [0.25, 0.3) is 0 Å². The average Bonchev–Trinajstić information content (AvgIpc) is 2.35. The predicted octanol–water partition coefficient (Wildman–Crippen LogP) is 4.02. The Morgan fingerprint density at radius 3 is 2.29 bits per heavy atom. The van der Waals surface area contributed by atoms with E-state index in [1.807, 2.05) is 18.2 Å². The molecule has 0 radical (unpaired) electrons. The summed E-state index contributed by atoms with van der Waals surface area (Å²) in [5.41, 5.74) is 1.40. The van der Waals surface area contributed by atoms with E-state index in [1.54, 1.807) is 0 Å². The monoisotopic (exact) mass is 293 g/mol. The Balaban J connectivity index is 2.41. The first-order valence-corrected chi connectivity index (χ1v) is 7.71. The van der Waals surface area contributed by atoms with Gasteiger partial charge in [0, 0.05) is 17.6 Å². The third kappa shape index (κ3) is 8.74. The van der Waals surface area contributed by atoms with Crippen LogP contribution in [0.5, 0.6) is 5.75 Å². The van der Waals surface area contributed by atoms with Gasteiger partial charge >= 0.3 is 0 Å². The molecule has 0 aliphatic heterocycles. The van der Waals surface area contributed by atoms with Crippen LogP contribution >= 0.6 is 0 Å². The van der Waals surface area contributed by atoms with Gasteiger partial charge in [-0.3, -0.25) is 0 Å². The molecule has 0 saturated carbocycles. The average molecular weight is 293 g/mol. The van der Waals surface area contributed by atoms with Crippen molar-refractivity contribution in [2.75, 3.05) is 19.8 Å². The van der Waals surface area contributed by atoms with Crippen molar-refractivity contribution in [1.82, 2.24) is 5.32 Å². The summed E-state index contributed by atoms with van der Waals surface area (Å²) in [5, 5.41) is 3.41. The molecule has 0 saturated heterocycles. The van der Waals surface area contributed by atoms with Crippen molar-refractivity contribution >= 4 is 0 Å². The highest BCUT2D eigenvalue weighted by molar-refractivity contribution is 5.32. The summed E-state index contributed by atoms with van der Waals surface area (Å²) in [4.78, 5) is 0. The standard InChI is InChI=1S/C18H31NO2/c1-17(2,3)14-21-16-10-8-7-9-15(16)13-20-12-11-19-18(4,5)6/h7-10,19H,11-14H2,1-6H3. The minimum Gasteiger partial charge on any atom is -0.493 e. The van der Waals surface area contributed by atoms with Crippen molar-refractivity contribution in [3.8, 4) is 5.75 Å². The van der Waals surface area contributed by atoms with Gasteiger partial charge in [0.1, 0.15) is 5.75 Å². The molecule has 0 aromatic heterocycles. The van der Waals surface area contributed by atoms with Crippen molar-refractivity contribution in [1.29, 1.82) is 0 Å². The molecular formula is C18H31NO2. The van der Waals surface area contributed by atoms with Gasteiger partial charge in [-0.2, -0.15) is 0 Å². The van der Waals surface area contributed by atoms with E-state index in [2.05, 4.69) is 52.9 Å². The van der Waals surface area contributed by atoms with E-state index in [1.165, 1.54) is 0 Å². The van der Waals surface area contributed by atoms with Crippen LogP contribution in [0.4, 0.5) is 0 Å². The number of para-hydroxylation sites is 1. The summed E-state index contributed by atoms with van der Waals surface area (Å²) in [5.74, 6) is 0.927. The van der Waals surface area contributed by atoms with Crippen molar-refractivity contribution in [3.05, 3.63) is 29.8 Å². The number of benzene rings is 1. The number of hydrogen-bond donors (Lipinski definition) is 1. The molecule has 1 N–H and O–H groups in total. The maximum atomic E-state index is 5.92. The molecule has 1 rings (SSSR count). The number of rotatable bonds is 7. The molecule has 3 nitrogen and oxygen atoms in total. The first-order valence-electron chi connectivity index (χ1n) is 7.71. The maximum absolute atomic E-state index is 5.92. The normalized spacial score (nSPS) is 12.5. The number of nitrogens with one attached hydrogen (secondary N) is 1. The molecule has 0 amide bonds. The molecule has 0 spiro atoms. The highest BCUT2D eigenvalue weighted by Gasteiger charge is 2.13. The molecule has 21 heavy (non-hydrogen) atoms. The lowest BCUT2D eigenvalue weighted by molar-refractivity contribution is 0.113. The summed E-state index contributed by atoms with van der Waals surface area (Å²) in [7, 11) is 0. The van der Waals surface area contributed by atoms with Gasteiger partial charge in [0.05, 0.1) is 19.8 Å². The molecular weight excluding hydrogens is 262 g/mol. The van der Waals surface area contributed by atoms with E-state index < -0.39 is 0 Å². The molecule has 1 aromatic carbocycles. The molecule has 1 aromatic rings. The van der Waals surface area contributed by atoms with Gasteiger partial charge in [-0.1, -0.05) is 39.0 Å². The zero-order valence-electron chi connectivity index (χ0n) is 14.5. The van der Waals surface area contributed by atoms with E-state index in [4.69, 9.17) is 9.47 Å². The van der Waals surface area contributed by atoms with E-state index in [9.17, 15) is 0 Å². The fourth-order valence-electron chi connectivity index (χ4n) is 1.74. The van der Waals surface area contributed by atoms with E-state index >= 15 is 0 Å². The van der Waals surface area contributed by atoms with Gasteiger partial charge in [-0.25, -0.2) is 0 Å². The topological polar surface area (TPSA) is 30.5 Å². The van der Waals surface area contributed by atoms with Crippen molar-refractivity contribution in [2.45, 2.75) is 53.7 Å². The summed E-state index contributed by atoms with van der Waals surface area (Å²) >= 11 is 0. The van der Waals surface area contributed by atoms with Gasteiger partial charge < -0.3 is 14.8 Å².